The number of nitrogens with zero attached hydrogens (tertiary/aromatic N) is 2. The highest BCUT2D eigenvalue weighted by molar-refractivity contribution is 9.10. The van der Waals surface area contributed by atoms with E-state index in [1.165, 1.54) is 4.90 Å². The van der Waals surface area contributed by atoms with Crippen molar-refractivity contribution in [3.63, 3.8) is 0 Å². The van der Waals surface area contributed by atoms with Gasteiger partial charge in [0.15, 0.2) is 4.67 Å². The maximum atomic E-state index is 13.1. The topological polar surface area (TPSA) is 46.3 Å². The minimum atomic E-state index is -0.609. The summed E-state index contributed by atoms with van der Waals surface area (Å²) >= 11 is 8.96. The van der Waals surface area contributed by atoms with Crippen molar-refractivity contribution in [2.75, 3.05) is 7.05 Å². The number of hydrogen-bond donors (Lipinski definition) is 0. The van der Waals surface area contributed by atoms with Gasteiger partial charge in [0.05, 0.1) is 18.3 Å². The van der Waals surface area contributed by atoms with E-state index in [1.54, 1.807) is 19.2 Å². The number of carbonyl (C=O) groups excluding carboxylic acids is 1. The molecule has 0 bridgehead atoms. The quantitative estimate of drug-likeness (QED) is 0.798. The van der Waals surface area contributed by atoms with Gasteiger partial charge in [-0.25, -0.2) is 9.37 Å². The molecule has 19 heavy (non-hydrogen) atoms. The number of halogens is 3. The van der Waals surface area contributed by atoms with E-state index in [0.717, 1.165) is 12.3 Å². The molecule has 0 N–H and O–H groups in total. The summed E-state index contributed by atoms with van der Waals surface area (Å²) in [4.78, 5) is 17.1. The largest absolute Gasteiger partial charge is 0.452 e. The third kappa shape index (κ3) is 3.33. The predicted molar refractivity (Wildman–Crippen MR) is 71.4 cm³/mol. The lowest BCUT2D eigenvalue weighted by atomic mass is 10.2. The van der Waals surface area contributed by atoms with Gasteiger partial charge in [0, 0.05) is 7.05 Å². The lowest BCUT2D eigenvalue weighted by Gasteiger charge is -2.16. The standard InChI is InChI=1S/C12H9BrClFN2O2/c1-17(6-8-2-3-10(13)19-8)12(18)9-4-7(15)5-16-11(9)14/h2-5H,6H2,1H3. The molecule has 2 aromatic heterocycles. The van der Waals surface area contributed by atoms with Crippen LogP contribution in [-0.2, 0) is 6.54 Å². The fourth-order valence-corrected chi connectivity index (χ4v) is 2.04. The summed E-state index contributed by atoms with van der Waals surface area (Å²) in [7, 11) is 1.57. The van der Waals surface area contributed by atoms with Gasteiger partial charge in [-0.1, -0.05) is 11.6 Å². The van der Waals surface area contributed by atoms with Gasteiger partial charge < -0.3 is 9.32 Å². The van der Waals surface area contributed by atoms with E-state index in [-0.39, 0.29) is 17.3 Å². The molecule has 0 spiro atoms. The van der Waals surface area contributed by atoms with Crippen molar-refractivity contribution in [2.45, 2.75) is 6.54 Å². The van der Waals surface area contributed by atoms with Crippen LogP contribution in [-0.4, -0.2) is 22.8 Å². The number of hydrogen-bond acceptors (Lipinski definition) is 3. The monoisotopic (exact) mass is 346 g/mol. The van der Waals surface area contributed by atoms with Crippen molar-refractivity contribution in [1.82, 2.24) is 9.88 Å². The molecule has 0 saturated heterocycles. The Balaban J connectivity index is 2.16. The zero-order valence-electron chi connectivity index (χ0n) is 9.86. The number of aromatic nitrogens is 1. The number of rotatable bonds is 3. The molecule has 2 aromatic rings. The Morgan fingerprint density at radius 2 is 2.32 bits per heavy atom. The maximum absolute atomic E-state index is 13.1. The minimum Gasteiger partial charge on any atom is -0.452 e. The van der Waals surface area contributed by atoms with Crippen LogP contribution in [0.5, 0.6) is 0 Å². The van der Waals surface area contributed by atoms with Gasteiger partial charge in [0.1, 0.15) is 16.7 Å². The molecule has 2 heterocycles. The molecule has 0 aliphatic carbocycles. The third-order valence-corrected chi connectivity index (χ3v) is 3.13. The molecule has 0 aromatic carbocycles. The van der Waals surface area contributed by atoms with Gasteiger partial charge >= 0.3 is 0 Å². The van der Waals surface area contributed by atoms with Crippen LogP contribution >= 0.6 is 27.5 Å². The third-order valence-electron chi connectivity index (χ3n) is 2.40. The van der Waals surface area contributed by atoms with E-state index < -0.39 is 11.7 Å². The summed E-state index contributed by atoms with van der Waals surface area (Å²) in [5, 5.41) is -0.0288. The highest BCUT2D eigenvalue weighted by atomic mass is 79.9. The van der Waals surface area contributed by atoms with E-state index >= 15 is 0 Å². The van der Waals surface area contributed by atoms with Crippen LogP contribution in [0.15, 0.2) is 33.5 Å². The van der Waals surface area contributed by atoms with Gasteiger partial charge in [-0.3, -0.25) is 4.79 Å². The van der Waals surface area contributed by atoms with E-state index in [9.17, 15) is 9.18 Å². The van der Waals surface area contributed by atoms with Crippen LogP contribution < -0.4 is 0 Å². The van der Waals surface area contributed by atoms with Crippen molar-refractivity contribution in [2.24, 2.45) is 0 Å². The van der Waals surface area contributed by atoms with Gasteiger partial charge in [0.2, 0.25) is 0 Å². The summed E-state index contributed by atoms with van der Waals surface area (Å²) < 4.78 is 19.0. The Bertz CT molecular complexity index is 618. The van der Waals surface area contributed by atoms with Gasteiger partial charge in [-0.05, 0) is 34.1 Å². The molecule has 0 radical (unpaired) electrons. The summed E-state index contributed by atoms with van der Waals surface area (Å²) in [6, 6.07) is 4.52. The second-order valence-corrected chi connectivity index (χ2v) is 5.00. The normalized spacial score (nSPS) is 10.5. The maximum Gasteiger partial charge on any atom is 0.257 e. The minimum absolute atomic E-state index is 0.0230. The van der Waals surface area contributed by atoms with Crippen LogP contribution in [0, 0.1) is 5.82 Å². The average Bonchev–Trinajstić information content (AvgIpc) is 2.77. The Morgan fingerprint density at radius 3 is 2.95 bits per heavy atom. The fourth-order valence-electron chi connectivity index (χ4n) is 1.52. The molecule has 0 fully saturated rings. The SMILES string of the molecule is CN(Cc1ccc(Br)o1)C(=O)c1cc(F)cnc1Cl. The van der Waals surface area contributed by atoms with Gasteiger partial charge in [0.25, 0.3) is 5.91 Å². The van der Waals surface area contributed by atoms with Crippen molar-refractivity contribution in [3.8, 4) is 0 Å². The zero-order chi connectivity index (χ0) is 14.0. The molecule has 7 heteroatoms. The number of amides is 1. The summed E-state index contributed by atoms with van der Waals surface area (Å²) in [5.74, 6) is -0.436. The van der Waals surface area contributed by atoms with Crippen molar-refractivity contribution in [3.05, 3.63) is 51.4 Å². The highest BCUT2D eigenvalue weighted by Gasteiger charge is 2.18. The van der Waals surface area contributed by atoms with E-state index in [1.807, 2.05) is 0 Å². The second kappa shape index (κ2) is 5.71. The molecule has 0 saturated carbocycles. The van der Waals surface area contributed by atoms with Crippen LogP contribution in [0.25, 0.3) is 0 Å². The molecule has 100 valence electrons. The van der Waals surface area contributed by atoms with E-state index in [2.05, 4.69) is 20.9 Å². The molecule has 4 nitrogen and oxygen atoms in total. The zero-order valence-corrected chi connectivity index (χ0v) is 12.2. The Hall–Kier alpha value is -1.40. The van der Waals surface area contributed by atoms with Crippen molar-refractivity contribution in [1.29, 1.82) is 0 Å². The molecule has 0 aliphatic heterocycles. The molecule has 1 amide bonds. The first-order valence-corrected chi connectivity index (χ1v) is 6.45. The van der Waals surface area contributed by atoms with Crippen LogP contribution in [0.4, 0.5) is 4.39 Å². The van der Waals surface area contributed by atoms with Gasteiger partial charge in [-0.2, -0.15) is 0 Å². The summed E-state index contributed by atoms with van der Waals surface area (Å²) in [5.41, 5.74) is 0.0230. The smallest absolute Gasteiger partial charge is 0.257 e. The van der Waals surface area contributed by atoms with Gasteiger partial charge in [-0.15, -0.1) is 0 Å². The van der Waals surface area contributed by atoms with Crippen LogP contribution in [0.1, 0.15) is 16.1 Å². The Labute approximate surface area is 122 Å². The first-order valence-electron chi connectivity index (χ1n) is 5.28. The molecular weight excluding hydrogens is 338 g/mol. The predicted octanol–water partition coefficient (Wildman–Crippen LogP) is 3.50. The fraction of sp³-hybridized carbons (Fsp3) is 0.167. The molecule has 0 atom stereocenters. The first-order chi connectivity index (χ1) is 8.97. The lowest BCUT2D eigenvalue weighted by Crippen LogP contribution is -2.26. The molecule has 2 rings (SSSR count). The number of carbonyl (C=O) groups is 1. The number of pyridine rings is 1. The van der Waals surface area contributed by atoms with Crippen molar-refractivity contribution >= 4 is 33.4 Å². The number of furan rings is 1. The average molecular weight is 348 g/mol. The highest BCUT2D eigenvalue weighted by Crippen LogP contribution is 2.19. The Kier molecular flexibility index (Phi) is 4.21. The van der Waals surface area contributed by atoms with Crippen molar-refractivity contribution < 1.29 is 13.6 Å². The van der Waals surface area contributed by atoms with Crippen LogP contribution in [0.3, 0.4) is 0 Å². The molecular formula is C12H9BrClFN2O2. The molecule has 0 aliphatic rings. The second-order valence-electron chi connectivity index (χ2n) is 3.86. The van der Waals surface area contributed by atoms with E-state index in [4.69, 9.17) is 16.0 Å². The van der Waals surface area contributed by atoms with Crippen LogP contribution in [0.2, 0.25) is 5.15 Å². The lowest BCUT2D eigenvalue weighted by molar-refractivity contribution is 0.0774. The Morgan fingerprint density at radius 1 is 1.58 bits per heavy atom. The molecule has 0 unspecified atom stereocenters. The first kappa shape index (κ1) is 14.0. The van der Waals surface area contributed by atoms with E-state index in [0.29, 0.717) is 10.4 Å². The summed E-state index contributed by atoms with van der Waals surface area (Å²) in [6.07, 6.45) is 0.961. The summed E-state index contributed by atoms with van der Waals surface area (Å²) in [6.45, 7) is 0.247.